The summed E-state index contributed by atoms with van der Waals surface area (Å²) in [5, 5.41) is 3.13. The Balaban J connectivity index is 1.74. The van der Waals surface area contributed by atoms with Crippen molar-refractivity contribution in [3.8, 4) is 0 Å². The summed E-state index contributed by atoms with van der Waals surface area (Å²) in [6.07, 6.45) is 12.7. The number of hydrogen-bond donors (Lipinski definition) is 1. The standard InChI is InChI=1S/C16H30N2O/c1-2-3-4-7-12-17-16(19)18-13-8-10-14-9-5-6-11-15(14)18/h14-15H,2-13H2,1H3,(H,17,19). The van der Waals surface area contributed by atoms with Crippen LogP contribution in [0.5, 0.6) is 0 Å². The van der Waals surface area contributed by atoms with Crippen molar-refractivity contribution in [2.24, 2.45) is 5.92 Å². The Labute approximate surface area is 118 Å². The molecule has 1 heterocycles. The predicted octanol–water partition coefficient (Wildman–Crippen LogP) is 3.93. The van der Waals surface area contributed by atoms with Gasteiger partial charge in [0, 0.05) is 19.1 Å². The van der Waals surface area contributed by atoms with E-state index in [-0.39, 0.29) is 6.03 Å². The summed E-state index contributed by atoms with van der Waals surface area (Å²) in [5.41, 5.74) is 0. The van der Waals surface area contributed by atoms with Crippen LogP contribution in [0.2, 0.25) is 0 Å². The Morgan fingerprint density at radius 3 is 2.74 bits per heavy atom. The van der Waals surface area contributed by atoms with Crippen molar-refractivity contribution in [3.63, 3.8) is 0 Å². The number of hydrogen-bond acceptors (Lipinski definition) is 1. The molecule has 3 heteroatoms. The largest absolute Gasteiger partial charge is 0.338 e. The highest BCUT2D eigenvalue weighted by atomic mass is 16.2. The number of piperidine rings is 1. The maximum Gasteiger partial charge on any atom is 0.317 e. The highest BCUT2D eigenvalue weighted by Gasteiger charge is 2.35. The van der Waals surface area contributed by atoms with E-state index in [1.165, 1.54) is 57.8 Å². The first-order chi connectivity index (χ1) is 9.33. The van der Waals surface area contributed by atoms with E-state index in [2.05, 4.69) is 17.1 Å². The second kappa shape index (κ2) is 7.76. The van der Waals surface area contributed by atoms with E-state index in [0.29, 0.717) is 6.04 Å². The van der Waals surface area contributed by atoms with Gasteiger partial charge in [0.1, 0.15) is 0 Å². The summed E-state index contributed by atoms with van der Waals surface area (Å²) in [7, 11) is 0. The van der Waals surface area contributed by atoms with E-state index in [9.17, 15) is 4.79 Å². The van der Waals surface area contributed by atoms with E-state index >= 15 is 0 Å². The lowest BCUT2D eigenvalue weighted by atomic mass is 9.78. The molecule has 1 aliphatic heterocycles. The summed E-state index contributed by atoms with van der Waals surface area (Å²) in [5.74, 6) is 0.786. The molecule has 2 unspecified atom stereocenters. The van der Waals surface area contributed by atoms with Crippen LogP contribution >= 0.6 is 0 Å². The van der Waals surface area contributed by atoms with Gasteiger partial charge in [-0.1, -0.05) is 39.0 Å². The van der Waals surface area contributed by atoms with E-state index in [0.717, 1.165) is 25.4 Å². The third kappa shape index (κ3) is 4.12. The number of unbranched alkanes of at least 4 members (excludes halogenated alkanes) is 3. The number of carbonyl (C=O) groups is 1. The van der Waals surface area contributed by atoms with Gasteiger partial charge in [0.15, 0.2) is 0 Å². The molecular weight excluding hydrogens is 236 g/mol. The fourth-order valence-corrected chi connectivity index (χ4v) is 3.73. The molecule has 1 N–H and O–H groups in total. The molecule has 2 fully saturated rings. The summed E-state index contributed by atoms with van der Waals surface area (Å²) >= 11 is 0. The lowest BCUT2D eigenvalue weighted by Crippen LogP contribution is -2.53. The Bertz CT molecular complexity index is 278. The van der Waals surface area contributed by atoms with Crippen molar-refractivity contribution in [2.75, 3.05) is 13.1 Å². The quantitative estimate of drug-likeness (QED) is 0.751. The minimum atomic E-state index is 0.202. The molecule has 0 aromatic rings. The highest BCUT2D eigenvalue weighted by molar-refractivity contribution is 5.74. The Morgan fingerprint density at radius 2 is 1.89 bits per heavy atom. The van der Waals surface area contributed by atoms with E-state index in [4.69, 9.17) is 0 Å². The summed E-state index contributed by atoms with van der Waals surface area (Å²) < 4.78 is 0. The highest BCUT2D eigenvalue weighted by Crippen LogP contribution is 2.35. The summed E-state index contributed by atoms with van der Waals surface area (Å²) in [6, 6.07) is 0.742. The van der Waals surface area contributed by atoms with Crippen LogP contribution in [0.1, 0.15) is 71.1 Å². The molecule has 2 atom stereocenters. The summed E-state index contributed by atoms with van der Waals surface area (Å²) in [6.45, 7) is 4.05. The molecule has 2 aliphatic rings. The second-order valence-corrected chi connectivity index (χ2v) is 6.24. The molecular formula is C16H30N2O. The first-order valence-electron chi connectivity index (χ1n) is 8.37. The number of fused-ring (bicyclic) bond motifs is 1. The molecule has 2 rings (SSSR count). The van der Waals surface area contributed by atoms with Gasteiger partial charge >= 0.3 is 6.03 Å². The number of rotatable bonds is 5. The predicted molar refractivity (Wildman–Crippen MR) is 79.2 cm³/mol. The van der Waals surface area contributed by atoms with Gasteiger partial charge in [-0.15, -0.1) is 0 Å². The number of carbonyl (C=O) groups excluding carboxylic acids is 1. The zero-order chi connectivity index (χ0) is 13.5. The maximum atomic E-state index is 12.3. The van der Waals surface area contributed by atoms with Crippen LogP contribution in [0.3, 0.4) is 0 Å². The van der Waals surface area contributed by atoms with Crippen molar-refractivity contribution in [1.82, 2.24) is 10.2 Å². The number of amides is 2. The SMILES string of the molecule is CCCCCCNC(=O)N1CCCC2CCCCC21. The number of likely N-dealkylation sites (tertiary alicyclic amines) is 1. The van der Waals surface area contributed by atoms with E-state index < -0.39 is 0 Å². The lowest BCUT2D eigenvalue weighted by molar-refractivity contribution is 0.0842. The smallest absolute Gasteiger partial charge is 0.317 e. The third-order valence-corrected chi connectivity index (χ3v) is 4.81. The topological polar surface area (TPSA) is 32.3 Å². The lowest BCUT2D eigenvalue weighted by Gasteiger charge is -2.44. The van der Waals surface area contributed by atoms with Gasteiger partial charge in [0.05, 0.1) is 0 Å². The van der Waals surface area contributed by atoms with Gasteiger partial charge in [-0.05, 0) is 38.0 Å². The van der Waals surface area contributed by atoms with E-state index in [1.54, 1.807) is 0 Å². The Kier molecular flexibility index (Phi) is 5.99. The van der Waals surface area contributed by atoms with Crippen LogP contribution in [-0.2, 0) is 0 Å². The van der Waals surface area contributed by atoms with Crippen molar-refractivity contribution < 1.29 is 4.79 Å². The monoisotopic (exact) mass is 266 g/mol. The van der Waals surface area contributed by atoms with Gasteiger partial charge < -0.3 is 10.2 Å². The molecule has 3 nitrogen and oxygen atoms in total. The number of urea groups is 1. The Hall–Kier alpha value is -0.730. The molecule has 0 aromatic heterocycles. The van der Waals surface area contributed by atoms with Gasteiger partial charge in [0.2, 0.25) is 0 Å². The molecule has 0 bridgehead atoms. The fourth-order valence-electron chi connectivity index (χ4n) is 3.73. The van der Waals surface area contributed by atoms with Crippen LogP contribution in [0, 0.1) is 5.92 Å². The van der Waals surface area contributed by atoms with Gasteiger partial charge in [-0.3, -0.25) is 0 Å². The van der Waals surface area contributed by atoms with Crippen LogP contribution in [0.15, 0.2) is 0 Å². The zero-order valence-electron chi connectivity index (χ0n) is 12.5. The van der Waals surface area contributed by atoms with Crippen molar-refractivity contribution in [1.29, 1.82) is 0 Å². The first-order valence-corrected chi connectivity index (χ1v) is 8.37. The molecule has 0 aromatic carbocycles. The van der Waals surface area contributed by atoms with Crippen molar-refractivity contribution in [2.45, 2.75) is 77.2 Å². The molecule has 1 saturated carbocycles. The average Bonchev–Trinajstić information content (AvgIpc) is 2.46. The van der Waals surface area contributed by atoms with Crippen LogP contribution < -0.4 is 5.32 Å². The molecule has 2 amide bonds. The molecule has 0 spiro atoms. The minimum Gasteiger partial charge on any atom is -0.338 e. The molecule has 19 heavy (non-hydrogen) atoms. The Morgan fingerprint density at radius 1 is 1.11 bits per heavy atom. The molecule has 110 valence electrons. The summed E-state index contributed by atoms with van der Waals surface area (Å²) in [4.78, 5) is 14.4. The third-order valence-electron chi connectivity index (χ3n) is 4.81. The minimum absolute atomic E-state index is 0.202. The number of nitrogens with zero attached hydrogens (tertiary/aromatic N) is 1. The van der Waals surface area contributed by atoms with Gasteiger partial charge in [-0.25, -0.2) is 4.79 Å². The second-order valence-electron chi connectivity index (χ2n) is 6.24. The first kappa shape index (κ1) is 14.7. The number of nitrogens with one attached hydrogen (secondary N) is 1. The fraction of sp³-hybridized carbons (Fsp3) is 0.938. The van der Waals surface area contributed by atoms with Crippen LogP contribution in [-0.4, -0.2) is 30.1 Å². The maximum absolute atomic E-state index is 12.3. The van der Waals surface area contributed by atoms with Crippen LogP contribution in [0.4, 0.5) is 4.79 Å². The van der Waals surface area contributed by atoms with E-state index in [1.807, 2.05) is 0 Å². The average molecular weight is 266 g/mol. The zero-order valence-corrected chi connectivity index (χ0v) is 12.5. The normalized spacial score (nSPS) is 26.9. The molecule has 1 aliphatic carbocycles. The molecule has 1 saturated heterocycles. The van der Waals surface area contributed by atoms with Gasteiger partial charge in [-0.2, -0.15) is 0 Å². The van der Waals surface area contributed by atoms with Crippen molar-refractivity contribution >= 4 is 6.03 Å². The van der Waals surface area contributed by atoms with Crippen LogP contribution in [0.25, 0.3) is 0 Å². The van der Waals surface area contributed by atoms with Gasteiger partial charge in [0.25, 0.3) is 0 Å². The van der Waals surface area contributed by atoms with Crippen molar-refractivity contribution in [3.05, 3.63) is 0 Å². The molecule has 0 radical (unpaired) electrons.